The smallest absolute Gasteiger partial charge is 0.118 e. The fourth-order valence-corrected chi connectivity index (χ4v) is 8.15. The van der Waals surface area contributed by atoms with Gasteiger partial charge in [-0.05, 0) is 117 Å². The van der Waals surface area contributed by atoms with E-state index in [1.165, 1.54) is 49.6 Å². The Morgan fingerprint density at radius 1 is 0.328 bits per heavy atom. The molecule has 0 aliphatic rings. The summed E-state index contributed by atoms with van der Waals surface area (Å²) < 4.78 is 7.77. The summed E-state index contributed by atoms with van der Waals surface area (Å²) in [4.78, 5) is 2.33. The highest BCUT2D eigenvalue weighted by molar-refractivity contribution is 6.09. The van der Waals surface area contributed by atoms with Gasteiger partial charge in [-0.1, -0.05) is 152 Å². The first kappa shape index (κ1) is 34.8. The molecule has 0 atom stereocenters. The lowest BCUT2D eigenvalue weighted by atomic mass is 10.00. The fourth-order valence-electron chi connectivity index (χ4n) is 8.15. The summed E-state index contributed by atoms with van der Waals surface area (Å²) in [5, 5.41) is 2.53. The Hall–Kier alpha value is -7.62. The molecule has 3 nitrogen and oxygen atoms in total. The van der Waals surface area contributed by atoms with Gasteiger partial charge in [0.15, 0.2) is 0 Å². The Balaban J connectivity index is 0.992. The maximum absolute atomic E-state index is 5.40. The molecular formula is C55H40N2O. The standard InChI is InChI=1S/C55H40N2O/c1-58-51-36-28-44(29-37-51)43-24-32-48(33-25-43)56(47-30-22-42(23-31-47)41-20-18-40(19-21-41)39-10-3-2-4-11-39)49-34-26-45(27-35-49)46-12-9-13-50(38-46)57-54-16-7-5-14-52(54)53-15-6-8-17-55(53)57/h2-38H,1H3. The Morgan fingerprint density at radius 2 is 0.690 bits per heavy atom. The van der Waals surface area contributed by atoms with E-state index in [-0.39, 0.29) is 0 Å². The number of ether oxygens (including phenoxy) is 1. The van der Waals surface area contributed by atoms with E-state index in [0.29, 0.717) is 0 Å². The van der Waals surface area contributed by atoms with Crippen molar-refractivity contribution >= 4 is 38.9 Å². The maximum atomic E-state index is 5.40. The summed E-state index contributed by atoms with van der Waals surface area (Å²) in [5.41, 5.74) is 16.2. The van der Waals surface area contributed by atoms with Crippen molar-refractivity contribution in [1.29, 1.82) is 0 Å². The third-order valence-corrected chi connectivity index (χ3v) is 11.1. The van der Waals surface area contributed by atoms with Gasteiger partial charge in [-0.15, -0.1) is 0 Å². The van der Waals surface area contributed by atoms with Gasteiger partial charge in [0.1, 0.15) is 5.75 Å². The van der Waals surface area contributed by atoms with E-state index in [2.05, 4.69) is 222 Å². The molecule has 0 fully saturated rings. The van der Waals surface area contributed by atoms with Gasteiger partial charge in [0.05, 0.1) is 18.1 Å². The largest absolute Gasteiger partial charge is 0.497 e. The zero-order valence-corrected chi connectivity index (χ0v) is 32.2. The van der Waals surface area contributed by atoms with Crippen LogP contribution in [0.4, 0.5) is 17.1 Å². The van der Waals surface area contributed by atoms with Crippen LogP contribution < -0.4 is 9.64 Å². The molecule has 0 saturated heterocycles. The lowest BCUT2D eigenvalue weighted by Crippen LogP contribution is -2.09. The van der Waals surface area contributed by atoms with E-state index in [4.69, 9.17) is 4.74 Å². The van der Waals surface area contributed by atoms with E-state index in [9.17, 15) is 0 Å². The second-order valence-electron chi connectivity index (χ2n) is 14.6. The van der Waals surface area contributed by atoms with Gasteiger partial charge in [0.2, 0.25) is 0 Å². The fraction of sp³-hybridized carbons (Fsp3) is 0.0182. The summed E-state index contributed by atoms with van der Waals surface area (Å²) in [5.74, 6) is 0.851. The lowest BCUT2D eigenvalue weighted by Gasteiger charge is -2.26. The Kier molecular flexibility index (Phi) is 9.09. The Bertz CT molecular complexity index is 2930. The summed E-state index contributed by atoms with van der Waals surface area (Å²) >= 11 is 0. The molecule has 0 radical (unpaired) electrons. The predicted octanol–water partition coefficient (Wildman–Crippen LogP) is 14.9. The Morgan fingerprint density at radius 3 is 1.16 bits per heavy atom. The van der Waals surface area contributed by atoms with Crippen molar-refractivity contribution in [3.8, 4) is 55.9 Å². The number of methoxy groups -OCH3 is 1. The topological polar surface area (TPSA) is 17.4 Å². The molecule has 0 spiro atoms. The molecule has 1 aromatic heterocycles. The minimum Gasteiger partial charge on any atom is -0.497 e. The number of aromatic nitrogens is 1. The predicted molar refractivity (Wildman–Crippen MR) is 244 cm³/mol. The van der Waals surface area contributed by atoms with Crippen molar-refractivity contribution in [2.24, 2.45) is 0 Å². The first-order valence-corrected chi connectivity index (χ1v) is 19.7. The zero-order valence-electron chi connectivity index (χ0n) is 32.2. The molecule has 3 heteroatoms. The van der Waals surface area contributed by atoms with Crippen molar-refractivity contribution in [2.45, 2.75) is 0 Å². The minimum absolute atomic E-state index is 0.851. The first-order chi connectivity index (χ1) is 28.7. The summed E-state index contributed by atoms with van der Waals surface area (Å²) in [6.07, 6.45) is 0. The van der Waals surface area contributed by atoms with Crippen molar-refractivity contribution in [3.63, 3.8) is 0 Å². The molecule has 276 valence electrons. The van der Waals surface area contributed by atoms with Crippen LogP contribution in [0.5, 0.6) is 5.75 Å². The number of rotatable bonds is 9. The lowest BCUT2D eigenvalue weighted by molar-refractivity contribution is 0.415. The average Bonchev–Trinajstić information content (AvgIpc) is 3.65. The highest BCUT2D eigenvalue weighted by atomic mass is 16.5. The van der Waals surface area contributed by atoms with E-state index in [1.807, 2.05) is 12.1 Å². The molecule has 0 N–H and O–H groups in total. The van der Waals surface area contributed by atoms with Crippen LogP contribution in [0.2, 0.25) is 0 Å². The van der Waals surface area contributed by atoms with Gasteiger partial charge >= 0.3 is 0 Å². The molecule has 0 saturated carbocycles. The van der Waals surface area contributed by atoms with Crippen molar-refractivity contribution in [1.82, 2.24) is 4.57 Å². The molecular weight excluding hydrogens is 705 g/mol. The van der Waals surface area contributed by atoms with Crippen molar-refractivity contribution < 1.29 is 4.74 Å². The highest BCUT2D eigenvalue weighted by Gasteiger charge is 2.16. The molecule has 10 aromatic rings. The van der Waals surface area contributed by atoms with Crippen LogP contribution in [0.3, 0.4) is 0 Å². The van der Waals surface area contributed by atoms with Crippen LogP contribution in [-0.2, 0) is 0 Å². The molecule has 9 aromatic carbocycles. The Labute approximate surface area is 339 Å². The van der Waals surface area contributed by atoms with Crippen LogP contribution >= 0.6 is 0 Å². The quantitative estimate of drug-likeness (QED) is 0.146. The zero-order chi connectivity index (χ0) is 38.8. The molecule has 0 bridgehead atoms. The molecule has 10 rings (SSSR count). The SMILES string of the molecule is COc1ccc(-c2ccc(N(c3ccc(-c4ccc(-c5ccccc5)cc4)cc3)c3ccc(-c4cccc(-n5c6ccccc6c6ccccc65)c4)cc3)cc2)cc1. The highest BCUT2D eigenvalue weighted by Crippen LogP contribution is 2.39. The number of benzene rings is 9. The van der Waals surface area contributed by atoms with Crippen molar-refractivity contribution in [2.75, 3.05) is 12.0 Å². The number of fused-ring (bicyclic) bond motifs is 3. The van der Waals surface area contributed by atoms with Gasteiger partial charge in [-0.2, -0.15) is 0 Å². The van der Waals surface area contributed by atoms with Crippen LogP contribution in [-0.4, -0.2) is 11.7 Å². The normalized spacial score (nSPS) is 11.2. The summed E-state index contributed by atoms with van der Waals surface area (Å²) in [6.45, 7) is 0. The number of para-hydroxylation sites is 2. The maximum Gasteiger partial charge on any atom is 0.118 e. The summed E-state index contributed by atoms with van der Waals surface area (Å²) in [6, 6.07) is 80.4. The molecule has 1 heterocycles. The van der Waals surface area contributed by atoms with Crippen molar-refractivity contribution in [3.05, 3.63) is 224 Å². The van der Waals surface area contributed by atoms with E-state index in [0.717, 1.165) is 45.2 Å². The molecule has 0 aliphatic heterocycles. The minimum atomic E-state index is 0.851. The summed E-state index contributed by atoms with van der Waals surface area (Å²) in [7, 11) is 1.70. The first-order valence-electron chi connectivity index (χ1n) is 19.7. The van der Waals surface area contributed by atoms with Crippen LogP contribution in [0.1, 0.15) is 0 Å². The van der Waals surface area contributed by atoms with Gasteiger partial charge in [-0.25, -0.2) is 0 Å². The van der Waals surface area contributed by atoms with Gasteiger partial charge in [-0.3, -0.25) is 0 Å². The number of hydrogen-bond acceptors (Lipinski definition) is 2. The number of anilines is 3. The van der Waals surface area contributed by atoms with Gasteiger partial charge in [0, 0.05) is 33.5 Å². The number of hydrogen-bond donors (Lipinski definition) is 0. The molecule has 58 heavy (non-hydrogen) atoms. The molecule has 0 unspecified atom stereocenters. The monoisotopic (exact) mass is 744 g/mol. The van der Waals surface area contributed by atoms with E-state index < -0.39 is 0 Å². The van der Waals surface area contributed by atoms with Crippen LogP contribution in [0, 0.1) is 0 Å². The van der Waals surface area contributed by atoms with Crippen LogP contribution in [0.15, 0.2) is 224 Å². The van der Waals surface area contributed by atoms with Gasteiger partial charge < -0.3 is 14.2 Å². The third kappa shape index (κ3) is 6.59. The number of nitrogens with zero attached hydrogens (tertiary/aromatic N) is 2. The van der Waals surface area contributed by atoms with Gasteiger partial charge in [0.25, 0.3) is 0 Å². The van der Waals surface area contributed by atoms with Crippen LogP contribution in [0.25, 0.3) is 72.0 Å². The third-order valence-electron chi connectivity index (χ3n) is 11.1. The second kappa shape index (κ2) is 15.1. The van der Waals surface area contributed by atoms with E-state index >= 15 is 0 Å². The van der Waals surface area contributed by atoms with E-state index in [1.54, 1.807) is 7.11 Å². The molecule has 0 aliphatic carbocycles. The average molecular weight is 745 g/mol. The molecule has 0 amide bonds. The second-order valence-corrected chi connectivity index (χ2v) is 14.6.